The molecule has 144 valence electrons. The van der Waals surface area contributed by atoms with Crippen molar-refractivity contribution < 1.29 is 13.5 Å². The third kappa shape index (κ3) is 4.31. The molecule has 1 aromatic carbocycles. The summed E-state index contributed by atoms with van der Waals surface area (Å²) in [7, 11) is 1.60. The predicted octanol–water partition coefficient (Wildman–Crippen LogP) is 4.11. The Bertz CT molecular complexity index is 829. The lowest BCUT2D eigenvalue weighted by Crippen LogP contribution is -2.32. The highest BCUT2D eigenvalue weighted by Gasteiger charge is 2.39. The van der Waals surface area contributed by atoms with E-state index < -0.39 is 12.5 Å². The van der Waals surface area contributed by atoms with Crippen LogP contribution in [0.5, 0.6) is 5.75 Å². The number of ether oxygens (including phenoxy) is 1. The van der Waals surface area contributed by atoms with Gasteiger partial charge in [-0.05, 0) is 17.7 Å². The SMILES string of the molecule is C=Cc1c(N(N)Cc2ccc(OC)cc2)cc(Cl)nc1N1CCC(F)(F)C1. The Labute approximate surface area is 162 Å². The molecular weight excluding hydrogens is 374 g/mol. The normalized spacial score (nSPS) is 15.7. The van der Waals surface area contributed by atoms with Gasteiger partial charge in [0.25, 0.3) is 5.92 Å². The van der Waals surface area contributed by atoms with E-state index in [1.165, 1.54) is 9.91 Å². The summed E-state index contributed by atoms with van der Waals surface area (Å²) in [5, 5.41) is 1.69. The van der Waals surface area contributed by atoms with Crippen LogP contribution in [-0.2, 0) is 6.54 Å². The maximum atomic E-state index is 13.7. The first-order valence-corrected chi connectivity index (χ1v) is 8.81. The lowest BCUT2D eigenvalue weighted by atomic mass is 10.1. The average Bonchev–Trinajstić information content (AvgIpc) is 3.01. The summed E-state index contributed by atoms with van der Waals surface area (Å²) < 4.78 is 32.5. The smallest absolute Gasteiger partial charge is 0.266 e. The highest BCUT2D eigenvalue weighted by molar-refractivity contribution is 6.30. The molecule has 0 saturated carbocycles. The van der Waals surface area contributed by atoms with E-state index >= 15 is 0 Å². The zero-order valence-electron chi connectivity index (χ0n) is 15.0. The largest absolute Gasteiger partial charge is 0.497 e. The van der Waals surface area contributed by atoms with Crippen LogP contribution in [0.4, 0.5) is 20.3 Å². The van der Waals surface area contributed by atoms with Gasteiger partial charge in [0.15, 0.2) is 0 Å². The Balaban J connectivity index is 1.90. The summed E-state index contributed by atoms with van der Waals surface area (Å²) in [6.45, 7) is 3.99. The van der Waals surface area contributed by atoms with Crippen molar-refractivity contribution in [2.75, 3.05) is 30.1 Å². The molecule has 1 aliphatic heterocycles. The Morgan fingerprint density at radius 3 is 2.67 bits per heavy atom. The molecule has 2 N–H and O–H groups in total. The third-order valence-electron chi connectivity index (χ3n) is 4.48. The molecule has 1 saturated heterocycles. The van der Waals surface area contributed by atoms with E-state index in [0.717, 1.165) is 11.3 Å². The number of alkyl halides is 2. The van der Waals surface area contributed by atoms with E-state index in [-0.39, 0.29) is 18.1 Å². The molecule has 5 nitrogen and oxygen atoms in total. The molecule has 2 aromatic rings. The van der Waals surface area contributed by atoms with E-state index in [4.69, 9.17) is 22.2 Å². The fraction of sp³-hybridized carbons (Fsp3) is 0.316. The van der Waals surface area contributed by atoms with Gasteiger partial charge in [0.2, 0.25) is 0 Å². The molecule has 0 unspecified atom stereocenters. The van der Waals surface area contributed by atoms with Gasteiger partial charge < -0.3 is 14.6 Å². The summed E-state index contributed by atoms with van der Waals surface area (Å²) in [5.41, 5.74) is 2.11. The first-order chi connectivity index (χ1) is 12.8. The highest BCUT2D eigenvalue weighted by Crippen LogP contribution is 2.37. The second-order valence-electron chi connectivity index (χ2n) is 6.41. The van der Waals surface area contributed by atoms with E-state index in [0.29, 0.717) is 23.6 Å². The van der Waals surface area contributed by atoms with Crippen molar-refractivity contribution in [2.24, 2.45) is 5.84 Å². The highest BCUT2D eigenvalue weighted by atomic mass is 35.5. The van der Waals surface area contributed by atoms with Crippen molar-refractivity contribution in [2.45, 2.75) is 18.9 Å². The first-order valence-electron chi connectivity index (χ1n) is 8.44. The lowest BCUT2D eigenvalue weighted by Gasteiger charge is -2.26. The molecule has 27 heavy (non-hydrogen) atoms. The zero-order chi connectivity index (χ0) is 19.6. The van der Waals surface area contributed by atoms with Crippen LogP contribution in [0.1, 0.15) is 17.5 Å². The number of halogens is 3. The second kappa shape index (κ2) is 7.70. The molecule has 1 aromatic heterocycles. The zero-order valence-corrected chi connectivity index (χ0v) is 15.7. The van der Waals surface area contributed by atoms with Gasteiger partial charge in [-0.3, -0.25) is 0 Å². The lowest BCUT2D eigenvalue weighted by molar-refractivity contribution is 0.0256. The number of hydrogen-bond donors (Lipinski definition) is 1. The van der Waals surface area contributed by atoms with Gasteiger partial charge in [0.1, 0.15) is 16.7 Å². The van der Waals surface area contributed by atoms with Crippen molar-refractivity contribution in [1.82, 2.24) is 4.98 Å². The summed E-state index contributed by atoms with van der Waals surface area (Å²) >= 11 is 6.16. The molecule has 2 heterocycles. The number of nitrogens with zero attached hydrogens (tertiary/aromatic N) is 3. The van der Waals surface area contributed by atoms with Crippen LogP contribution in [0.15, 0.2) is 36.9 Å². The third-order valence-corrected chi connectivity index (χ3v) is 4.67. The first kappa shape index (κ1) is 19.4. The molecule has 0 amide bonds. The number of nitrogens with two attached hydrogens (primary N) is 1. The molecule has 0 radical (unpaired) electrons. The molecule has 1 fully saturated rings. The van der Waals surface area contributed by atoms with Gasteiger partial charge in [-0.15, -0.1) is 0 Å². The van der Waals surface area contributed by atoms with Crippen LogP contribution in [0.25, 0.3) is 6.08 Å². The van der Waals surface area contributed by atoms with Crippen LogP contribution >= 0.6 is 11.6 Å². The summed E-state index contributed by atoms with van der Waals surface area (Å²) in [4.78, 5) is 5.77. The predicted molar refractivity (Wildman–Crippen MR) is 104 cm³/mol. The minimum Gasteiger partial charge on any atom is -0.497 e. The topological polar surface area (TPSA) is 54.6 Å². The second-order valence-corrected chi connectivity index (χ2v) is 6.80. The quantitative estimate of drug-likeness (QED) is 0.454. The summed E-state index contributed by atoms with van der Waals surface area (Å²) in [6, 6.07) is 9.09. The molecule has 1 aliphatic rings. The van der Waals surface area contributed by atoms with Gasteiger partial charge in [-0.1, -0.05) is 36.4 Å². The van der Waals surface area contributed by atoms with Crippen LogP contribution in [-0.4, -0.2) is 31.1 Å². The van der Waals surface area contributed by atoms with E-state index in [2.05, 4.69) is 11.6 Å². The molecule has 3 rings (SSSR count). The van der Waals surface area contributed by atoms with Crippen LogP contribution in [0, 0.1) is 0 Å². The van der Waals surface area contributed by atoms with Gasteiger partial charge in [-0.2, -0.15) is 0 Å². The molecule has 8 heteroatoms. The van der Waals surface area contributed by atoms with Crippen molar-refractivity contribution in [3.8, 4) is 5.75 Å². The Kier molecular flexibility index (Phi) is 5.53. The van der Waals surface area contributed by atoms with E-state index in [1.54, 1.807) is 19.3 Å². The molecule has 0 bridgehead atoms. The number of hydrogen-bond acceptors (Lipinski definition) is 5. The van der Waals surface area contributed by atoms with E-state index in [1.807, 2.05) is 24.3 Å². The standard InChI is InChI=1S/C19H21ClF2N4O/c1-3-15-16(26(23)11-13-4-6-14(27-2)7-5-13)10-17(20)24-18(15)25-9-8-19(21,22)12-25/h3-7,10H,1,8-9,11-12,23H2,2H3. The van der Waals surface area contributed by atoms with Gasteiger partial charge >= 0.3 is 0 Å². The summed E-state index contributed by atoms with van der Waals surface area (Å²) in [6.07, 6.45) is 1.35. The summed E-state index contributed by atoms with van der Waals surface area (Å²) in [5.74, 6) is 4.64. The fourth-order valence-corrected chi connectivity index (χ4v) is 3.29. The van der Waals surface area contributed by atoms with Crippen LogP contribution in [0.3, 0.4) is 0 Å². The fourth-order valence-electron chi connectivity index (χ4n) is 3.10. The Morgan fingerprint density at radius 2 is 2.11 bits per heavy atom. The van der Waals surface area contributed by atoms with Crippen molar-refractivity contribution >= 4 is 29.2 Å². The minimum absolute atomic E-state index is 0.186. The molecule has 0 atom stereocenters. The van der Waals surface area contributed by atoms with E-state index in [9.17, 15) is 8.78 Å². The maximum absolute atomic E-state index is 13.7. The average molecular weight is 395 g/mol. The van der Waals surface area contributed by atoms with Crippen molar-refractivity contribution in [1.29, 1.82) is 0 Å². The van der Waals surface area contributed by atoms with Gasteiger partial charge in [-0.25, -0.2) is 19.6 Å². The van der Waals surface area contributed by atoms with Crippen molar-refractivity contribution in [3.63, 3.8) is 0 Å². The molecule has 0 aliphatic carbocycles. The minimum atomic E-state index is -2.74. The molecule has 0 spiro atoms. The Hall–Kier alpha value is -2.38. The van der Waals surface area contributed by atoms with Gasteiger partial charge in [0.05, 0.1) is 25.9 Å². The number of anilines is 2. The number of rotatable bonds is 6. The van der Waals surface area contributed by atoms with Crippen molar-refractivity contribution in [3.05, 3.63) is 53.2 Å². The number of methoxy groups -OCH3 is 1. The molecular formula is C19H21ClF2N4O. The monoisotopic (exact) mass is 394 g/mol. The number of pyridine rings is 1. The van der Waals surface area contributed by atoms with Crippen LogP contribution in [0.2, 0.25) is 5.15 Å². The number of aromatic nitrogens is 1. The maximum Gasteiger partial charge on any atom is 0.266 e. The number of hydrazine groups is 1. The number of benzene rings is 1. The Morgan fingerprint density at radius 1 is 1.41 bits per heavy atom. The van der Waals surface area contributed by atoms with Crippen LogP contribution < -0.4 is 20.5 Å². The van der Waals surface area contributed by atoms with Gasteiger partial charge in [0, 0.05) is 24.6 Å².